The average molecular weight is 346 g/mol. The molecule has 0 aromatic carbocycles. The summed E-state index contributed by atoms with van der Waals surface area (Å²) in [5, 5.41) is 0. The Balaban J connectivity index is 1.52. The zero-order valence-corrected chi connectivity index (χ0v) is 15.1. The molecule has 5 aliphatic rings. The Labute approximate surface area is 148 Å². The number of esters is 2. The van der Waals surface area contributed by atoms with Gasteiger partial charge < -0.3 is 14.2 Å². The van der Waals surface area contributed by atoms with Crippen molar-refractivity contribution in [2.45, 2.75) is 65.3 Å². The van der Waals surface area contributed by atoms with Crippen molar-refractivity contribution in [1.82, 2.24) is 0 Å². The normalized spacial score (nSPS) is 48.7. The van der Waals surface area contributed by atoms with Gasteiger partial charge >= 0.3 is 11.9 Å². The van der Waals surface area contributed by atoms with E-state index in [-0.39, 0.29) is 46.6 Å². The summed E-state index contributed by atoms with van der Waals surface area (Å²) in [6, 6.07) is 0. The molecule has 0 radical (unpaired) electrons. The number of rotatable bonds is 3. The number of carbonyl (C=O) groups is 2. The minimum absolute atomic E-state index is 0.0278. The smallest absolute Gasteiger partial charge is 0.312 e. The topological polar surface area (TPSA) is 61.8 Å². The summed E-state index contributed by atoms with van der Waals surface area (Å²) in [5.41, 5.74) is 0.696. The first-order chi connectivity index (χ1) is 11.9. The van der Waals surface area contributed by atoms with Crippen LogP contribution in [0.1, 0.15) is 52.9 Å². The Morgan fingerprint density at radius 3 is 2.96 bits per heavy atom. The van der Waals surface area contributed by atoms with E-state index in [9.17, 15) is 9.59 Å². The molecule has 1 saturated heterocycles. The lowest BCUT2D eigenvalue weighted by Crippen LogP contribution is -2.49. The molecule has 3 aliphatic carbocycles. The van der Waals surface area contributed by atoms with Crippen molar-refractivity contribution >= 4 is 11.9 Å². The summed E-state index contributed by atoms with van der Waals surface area (Å²) in [7, 11) is 0. The maximum Gasteiger partial charge on any atom is 0.312 e. The molecule has 3 saturated carbocycles. The van der Waals surface area contributed by atoms with Crippen LogP contribution < -0.4 is 0 Å². The molecule has 0 aromatic rings. The third-order valence-electron chi connectivity index (χ3n) is 7.76. The molecule has 5 heteroatoms. The summed E-state index contributed by atoms with van der Waals surface area (Å²) in [6.07, 6.45) is 5.38. The third kappa shape index (κ3) is 1.75. The zero-order valence-electron chi connectivity index (χ0n) is 15.1. The Kier molecular flexibility index (Phi) is 3.02. The molecule has 4 fully saturated rings. The summed E-state index contributed by atoms with van der Waals surface area (Å²) in [6.45, 7) is 6.13. The molecular formula is C20H26O5. The van der Waals surface area contributed by atoms with Crippen LogP contribution in [-0.2, 0) is 23.8 Å². The maximum absolute atomic E-state index is 12.8. The van der Waals surface area contributed by atoms with E-state index >= 15 is 0 Å². The van der Waals surface area contributed by atoms with Crippen LogP contribution in [0.25, 0.3) is 0 Å². The van der Waals surface area contributed by atoms with Crippen molar-refractivity contribution in [3.05, 3.63) is 11.8 Å². The highest BCUT2D eigenvalue weighted by Crippen LogP contribution is 2.76. The van der Waals surface area contributed by atoms with Gasteiger partial charge in [0.1, 0.15) is 6.10 Å². The fourth-order valence-electron chi connectivity index (χ4n) is 6.80. The highest BCUT2D eigenvalue weighted by atomic mass is 16.7. The van der Waals surface area contributed by atoms with Crippen molar-refractivity contribution in [3.63, 3.8) is 0 Å². The Morgan fingerprint density at radius 1 is 1.40 bits per heavy atom. The SMILES string of the molecule is CC(C)CC(=O)O[C@@H]1OC=C2[C@@H]3C[C@@H]4C[C@]25[C@@H]1CC[C@H]5[C@]4(C)C(=O)O3. The number of fused-ring (bicyclic) bond motifs is 3. The second-order valence-corrected chi connectivity index (χ2v) is 9.26. The average Bonchev–Trinajstić information content (AvgIpc) is 2.97. The second kappa shape index (κ2) is 4.80. The summed E-state index contributed by atoms with van der Waals surface area (Å²) < 4.78 is 17.4. The van der Waals surface area contributed by atoms with E-state index in [0.29, 0.717) is 12.3 Å². The van der Waals surface area contributed by atoms with Gasteiger partial charge in [0.2, 0.25) is 6.29 Å². The molecule has 136 valence electrons. The predicted molar refractivity (Wildman–Crippen MR) is 87.9 cm³/mol. The number of hydrogen-bond acceptors (Lipinski definition) is 5. The fourth-order valence-corrected chi connectivity index (χ4v) is 6.80. The molecule has 2 aliphatic heterocycles. The Morgan fingerprint density at radius 2 is 2.20 bits per heavy atom. The first kappa shape index (κ1) is 15.7. The van der Waals surface area contributed by atoms with E-state index < -0.39 is 6.29 Å². The van der Waals surface area contributed by atoms with Crippen molar-refractivity contribution in [1.29, 1.82) is 0 Å². The van der Waals surface area contributed by atoms with Crippen LogP contribution in [0.2, 0.25) is 0 Å². The minimum Gasteiger partial charge on any atom is -0.462 e. The second-order valence-electron chi connectivity index (χ2n) is 9.26. The minimum atomic E-state index is -0.519. The van der Waals surface area contributed by atoms with E-state index in [1.54, 1.807) is 6.26 Å². The maximum atomic E-state index is 12.8. The standard InChI is InChI=1S/C20H26O5/c1-10(2)6-16(21)25-17-12-4-5-15-19(3)11-7-14(24-18(19)22)13(9-23-17)20(12,15)8-11/h9-12,14-15,17H,4-8H2,1-3H3/t11-,12-,14+,15+,17+,19-,20+/m1/s1. The highest BCUT2D eigenvalue weighted by Gasteiger charge is 2.77. The molecule has 0 aromatic heterocycles. The lowest BCUT2D eigenvalue weighted by molar-refractivity contribution is -0.195. The van der Waals surface area contributed by atoms with Gasteiger partial charge in [-0.05, 0) is 50.4 Å². The lowest BCUT2D eigenvalue weighted by Gasteiger charge is -2.48. The van der Waals surface area contributed by atoms with Gasteiger partial charge in [0.25, 0.3) is 0 Å². The first-order valence-electron chi connectivity index (χ1n) is 9.64. The molecule has 25 heavy (non-hydrogen) atoms. The molecule has 7 atom stereocenters. The number of carbonyl (C=O) groups excluding carboxylic acids is 2. The van der Waals surface area contributed by atoms with Crippen molar-refractivity contribution in [2.24, 2.45) is 34.5 Å². The van der Waals surface area contributed by atoms with Crippen LogP contribution in [0, 0.1) is 34.5 Å². The van der Waals surface area contributed by atoms with Gasteiger partial charge in [-0.15, -0.1) is 0 Å². The quantitative estimate of drug-likeness (QED) is 0.735. The van der Waals surface area contributed by atoms with Crippen molar-refractivity contribution in [3.8, 4) is 0 Å². The molecule has 0 amide bonds. The van der Waals surface area contributed by atoms with E-state index in [2.05, 4.69) is 6.92 Å². The number of ether oxygens (including phenoxy) is 3. The summed E-state index contributed by atoms with van der Waals surface area (Å²) in [4.78, 5) is 25.0. The first-order valence-corrected chi connectivity index (χ1v) is 9.64. The highest BCUT2D eigenvalue weighted by molar-refractivity contribution is 5.81. The molecule has 2 heterocycles. The predicted octanol–water partition coefficient (Wildman–Crippen LogP) is 3.18. The van der Waals surface area contributed by atoms with Gasteiger partial charge in [0.05, 0.1) is 11.7 Å². The Hall–Kier alpha value is -1.52. The number of hydrogen-bond donors (Lipinski definition) is 0. The van der Waals surface area contributed by atoms with E-state index in [1.807, 2.05) is 13.8 Å². The van der Waals surface area contributed by atoms with Crippen LogP contribution in [0.4, 0.5) is 0 Å². The van der Waals surface area contributed by atoms with Gasteiger partial charge in [-0.25, -0.2) is 0 Å². The van der Waals surface area contributed by atoms with Crippen LogP contribution in [0.3, 0.4) is 0 Å². The van der Waals surface area contributed by atoms with Crippen LogP contribution in [-0.4, -0.2) is 24.3 Å². The van der Waals surface area contributed by atoms with Crippen LogP contribution in [0.15, 0.2) is 11.8 Å². The van der Waals surface area contributed by atoms with Crippen LogP contribution >= 0.6 is 0 Å². The summed E-state index contributed by atoms with van der Waals surface area (Å²) in [5.74, 6) is 0.868. The lowest BCUT2D eigenvalue weighted by atomic mass is 9.62. The van der Waals surface area contributed by atoms with Gasteiger partial charge in [0.15, 0.2) is 0 Å². The molecule has 3 bridgehead atoms. The zero-order chi connectivity index (χ0) is 17.6. The molecule has 0 N–H and O–H groups in total. The van der Waals surface area contributed by atoms with Crippen LogP contribution in [0.5, 0.6) is 0 Å². The van der Waals surface area contributed by atoms with Gasteiger partial charge in [-0.1, -0.05) is 13.8 Å². The molecule has 1 spiro atoms. The third-order valence-corrected chi connectivity index (χ3v) is 7.76. The largest absolute Gasteiger partial charge is 0.462 e. The van der Waals surface area contributed by atoms with Crippen molar-refractivity contribution < 1.29 is 23.8 Å². The molecule has 0 unspecified atom stereocenters. The van der Waals surface area contributed by atoms with E-state index in [4.69, 9.17) is 14.2 Å². The monoisotopic (exact) mass is 346 g/mol. The molecule has 5 rings (SSSR count). The molecule has 5 nitrogen and oxygen atoms in total. The Bertz CT molecular complexity index is 682. The van der Waals surface area contributed by atoms with Gasteiger partial charge in [-0.2, -0.15) is 0 Å². The molecular weight excluding hydrogens is 320 g/mol. The van der Waals surface area contributed by atoms with Gasteiger partial charge in [-0.3, -0.25) is 9.59 Å². The van der Waals surface area contributed by atoms with E-state index in [0.717, 1.165) is 31.3 Å². The van der Waals surface area contributed by atoms with Gasteiger partial charge in [0, 0.05) is 23.3 Å². The van der Waals surface area contributed by atoms with E-state index in [1.165, 1.54) is 0 Å². The van der Waals surface area contributed by atoms with Crippen molar-refractivity contribution in [2.75, 3.05) is 0 Å². The summed E-state index contributed by atoms with van der Waals surface area (Å²) >= 11 is 0. The fraction of sp³-hybridized carbons (Fsp3) is 0.800.